The first-order valence-electron chi connectivity index (χ1n) is 7.73. The van der Waals surface area contributed by atoms with Crippen LogP contribution in [-0.4, -0.2) is 21.2 Å². The molecule has 3 aromatic carbocycles. The van der Waals surface area contributed by atoms with Crippen LogP contribution in [0.4, 0.5) is 0 Å². The standard InChI is InChI=1S/C14H10O2S.C7H6OS/c15-13(11-7-3-1-4-8-11)16-14(17)12-9-5-2-6-10-12;8-7(9)6-4-2-1-3-5-6/h1-10H;1-5H,(H,8,9). The van der Waals surface area contributed by atoms with Crippen molar-refractivity contribution in [2.75, 3.05) is 0 Å². The average Bonchev–Trinajstić information content (AvgIpc) is 2.70. The highest BCUT2D eigenvalue weighted by Crippen LogP contribution is 2.07. The number of ether oxygens (including phenoxy) is 1. The molecule has 0 aliphatic heterocycles. The highest BCUT2D eigenvalue weighted by Gasteiger charge is 2.10. The molecule has 0 unspecified atom stereocenters. The molecule has 0 heterocycles. The predicted octanol–water partition coefficient (Wildman–Crippen LogP) is 5.14. The van der Waals surface area contributed by atoms with E-state index in [0.29, 0.717) is 11.1 Å². The van der Waals surface area contributed by atoms with Gasteiger partial charge in [0, 0.05) is 11.1 Å². The lowest BCUT2D eigenvalue weighted by Crippen LogP contribution is -2.11. The summed E-state index contributed by atoms with van der Waals surface area (Å²) < 4.78 is 5.12. The molecule has 3 nitrogen and oxygen atoms in total. The molecule has 0 saturated heterocycles. The van der Waals surface area contributed by atoms with E-state index in [1.807, 2.05) is 42.5 Å². The smallest absolute Gasteiger partial charge is 0.344 e. The zero-order valence-electron chi connectivity index (χ0n) is 13.7. The molecule has 0 atom stereocenters. The number of carbonyl (C=O) groups is 1. The molecule has 0 radical (unpaired) electrons. The summed E-state index contributed by atoms with van der Waals surface area (Å²) in [5, 5.41) is 8.90. The minimum Gasteiger partial charge on any atom is -0.499 e. The lowest BCUT2D eigenvalue weighted by atomic mass is 10.2. The second-order valence-electron chi connectivity index (χ2n) is 5.08. The summed E-state index contributed by atoms with van der Waals surface area (Å²) >= 11 is 9.57. The van der Waals surface area contributed by atoms with Gasteiger partial charge in [-0.3, -0.25) is 0 Å². The number of thiocarbonyl (C=S) groups is 2. The largest absolute Gasteiger partial charge is 0.499 e. The molecule has 0 aliphatic rings. The van der Waals surface area contributed by atoms with E-state index >= 15 is 0 Å². The molecule has 0 bridgehead atoms. The van der Waals surface area contributed by atoms with Crippen LogP contribution in [0, 0.1) is 0 Å². The fraction of sp³-hybridized carbons (Fsp3) is 0. The number of benzene rings is 3. The molecule has 5 heteroatoms. The molecule has 130 valence electrons. The van der Waals surface area contributed by atoms with Crippen molar-refractivity contribution in [1.82, 2.24) is 0 Å². The van der Waals surface area contributed by atoms with Crippen molar-refractivity contribution < 1.29 is 14.6 Å². The molecule has 3 rings (SSSR count). The van der Waals surface area contributed by atoms with Crippen molar-refractivity contribution in [2.45, 2.75) is 0 Å². The highest BCUT2D eigenvalue weighted by molar-refractivity contribution is 7.80. The Morgan fingerprint density at radius 3 is 1.42 bits per heavy atom. The fourth-order valence-corrected chi connectivity index (χ4v) is 2.28. The first-order valence-corrected chi connectivity index (χ1v) is 8.54. The summed E-state index contributed by atoms with van der Waals surface area (Å²) in [6.07, 6.45) is 0. The van der Waals surface area contributed by atoms with Crippen LogP contribution >= 0.6 is 24.4 Å². The van der Waals surface area contributed by atoms with Gasteiger partial charge in [-0.1, -0.05) is 78.9 Å². The van der Waals surface area contributed by atoms with E-state index < -0.39 is 5.97 Å². The van der Waals surface area contributed by atoms with Crippen molar-refractivity contribution in [3.05, 3.63) is 108 Å². The van der Waals surface area contributed by atoms with Crippen LogP contribution in [0.5, 0.6) is 0 Å². The monoisotopic (exact) mass is 380 g/mol. The van der Waals surface area contributed by atoms with Crippen LogP contribution < -0.4 is 0 Å². The number of hydrogen-bond donors (Lipinski definition) is 1. The van der Waals surface area contributed by atoms with Crippen LogP contribution in [0.2, 0.25) is 0 Å². The van der Waals surface area contributed by atoms with E-state index in [1.165, 1.54) is 0 Å². The maximum Gasteiger partial charge on any atom is 0.344 e. The van der Waals surface area contributed by atoms with Crippen LogP contribution in [-0.2, 0) is 4.74 Å². The lowest BCUT2D eigenvalue weighted by molar-refractivity contribution is 0.0723. The van der Waals surface area contributed by atoms with Gasteiger partial charge in [0.2, 0.25) is 5.05 Å². The summed E-state index contributed by atoms with van der Waals surface area (Å²) in [6, 6.07) is 27.0. The highest BCUT2D eigenvalue weighted by atomic mass is 32.1. The van der Waals surface area contributed by atoms with Crippen LogP contribution in [0.1, 0.15) is 21.5 Å². The zero-order chi connectivity index (χ0) is 18.8. The second kappa shape index (κ2) is 10.2. The van der Waals surface area contributed by atoms with Gasteiger partial charge in [-0.05, 0) is 36.6 Å². The number of aliphatic hydroxyl groups excluding tert-OH is 1. The zero-order valence-corrected chi connectivity index (χ0v) is 15.4. The van der Waals surface area contributed by atoms with Crippen molar-refractivity contribution in [1.29, 1.82) is 0 Å². The molecule has 0 fully saturated rings. The first-order chi connectivity index (χ1) is 12.6. The third kappa shape index (κ3) is 6.20. The molecular formula is C21H16O3S2. The maximum atomic E-state index is 11.7. The maximum absolute atomic E-state index is 11.7. The topological polar surface area (TPSA) is 46.5 Å². The molecule has 0 aromatic heterocycles. The minimum absolute atomic E-state index is 0.0457. The molecule has 1 N–H and O–H groups in total. The van der Waals surface area contributed by atoms with Gasteiger partial charge in [-0.2, -0.15) is 0 Å². The van der Waals surface area contributed by atoms with E-state index in [1.54, 1.807) is 48.5 Å². The van der Waals surface area contributed by atoms with Crippen molar-refractivity contribution in [3.63, 3.8) is 0 Å². The number of carbonyl (C=O) groups excluding carboxylic acids is 1. The minimum atomic E-state index is -0.431. The Bertz CT molecular complexity index is 814. The van der Waals surface area contributed by atoms with Gasteiger partial charge in [0.05, 0.1) is 5.56 Å². The molecular weight excluding hydrogens is 364 g/mol. The third-order valence-electron chi connectivity index (χ3n) is 3.23. The molecule has 0 amide bonds. The van der Waals surface area contributed by atoms with Gasteiger partial charge >= 0.3 is 5.97 Å². The van der Waals surface area contributed by atoms with Gasteiger partial charge in [0.1, 0.15) is 0 Å². The number of rotatable bonds is 3. The summed E-state index contributed by atoms with van der Waals surface area (Å²) in [6.45, 7) is 0. The Kier molecular flexibility index (Phi) is 7.61. The van der Waals surface area contributed by atoms with Gasteiger partial charge in [-0.25, -0.2) is 4.79 Å². The molecule has 0 saturated carbocycles. The lowest BCUT2D eigenvalue weighted by Gasteiger charge is -2.05. The molecule has 0 spiro atoms. The Morgan fingerprint density at radius 1 is 0.654 bits per heavy atom. The first kappa shape index (κ1) is 19.4. The SMILES string of the molecule is O=C(OC(=S)c1ccccc1)c1ccccc1.OC(=S)c1ccccc1. The Morgan fingerprint density at radius 2 is 1.04 bits per heavy atom. The van der Waals surface area contributed by atoms with E-state index in [-0.39, 0.29) is 10.1 Å². The van der Waals surface area contributed by atoms with Crippen LogP contribution in [0.15, 0.2) is 91.0 Å². The van der Waals surface area contributed by atoms with E-state index in [2.05, 4.69) is 12.2 Å². The quantitative estimate of drug-likeness (QED) is 0.504. The van der Waals surface area contributed by atoms with Crippen molar-refractivity contribution in [3.8, 4) is 0 Å². The summed E-state index contributed by atoms with van der Waals surface area (Å²) in [5.74, 6) is -0.431. The van der Waals surface area contributed by atoms with E-state index in [4.69, 9.17) is 22.1 Å². The predicted molar refractivity (Wildman–Crippen MR) is 111 cm³/mol. The van der Waals surface area contributed by atoms with Crippen LogP contribution in [0.25, 0.3) is 0 Å². The second-order valence-corrected chi connectivity index (χ2v) is 5.84. The van der Waals surface area contributed by atoms with Crippen molar-refractivity contribution in [2.24, 2.45) is 0 Å². The molecule has 0 aliphatic carbocycles. The molecule has 3 aromatic rings. The Balaban J connectivity index is 0.000000228. The fourth-order valence-electron chi connectivity index (χ4n) is 1.93. The van der Waals surface area contributed by atoms with Gasteiger partial charge in [0.25, 0.3) is 0 Å². The van der Waals surface area contributed by atoms with E-state index in [9.17, 15) is 4.79 Å². The Labute approximate surface area is 162 Å². The van der Waals surface area contributed by atoms with E-state index in [0.717, 1.165) is 5.56 Å². The number of aliphatic hydroxyl groups is 1. The van der Waals surface area contributed by atoms with Crippen LogP contribution in [0.3, 0.4) is 0 Å². The number of hydrogen-bond acceptors (Lipinski definition) is 4. The number of esters is 1. The molecule has 26 heavy (non-hydrogen) atoms. The summed E-state index contributed by atoms with van der Waals surface area (Å²) in [5.41, 5.74) is 1.92. The Hall–Kier alpha value is -2.89. The van der Waals surface area contributed by atoms with Gasteiger partial charge in [0.15, 0.2) is 5.05 Å². The van der Waals surface area contributed by atoms with Crippen molar-refractivity contribution >= 4 is 40.5 Å². The summed E-state index contributed by atoms with van der Waals surface area (Å²) in [7, 11) is 0. The average molecular weight is 380 g/mol. The normalized spacial score (nSPS) is 9.38. The van der Waals surface area contributed by atoms with Gasteiger partial charge in [-0.15, -0.1) is 0 Å². The van der Waals surface area contributed by atoms with Gasteiger partial charge < -0.3 is 9.84 Å². The summed E-state index contributed by atoms with van der Waals surface area (Å²) in [4.78, 5) is 11.7. The third-order valence-corrected chi connectivity index (χ3v) is 3.78.